The Hall–Kier alpha value is -1.14. The summed E-state index contributed by atoms with van der Waals surface area (Å²) in [6, 6.07) is 0. The fourth-order valence-corrected chi connectivity index (χ4v) is 2.92. The molecule has 3 N–H and O–H groups in total. The van der Waals surface area contributed by atoms with Crippen molar-refractivity contribution in [1.29, 1.82) is 0 Å². The molecule has 5 nitrogen and oxygen atoms in total. The lowest BCUT2D eigenvalue weighted by molar-refractivity contribution is 0.0449. The van der Waals surface area contributed by atoms with E-state index in [4.69, 9.17) is 0 Å². The summed E-state index contributed by atoms with van der Waals surface area (Å²) < 4.78 is 0. The van der Waals surface area contributed by atoms with E-state index in [-0.39, 0.29) is 5.91 Å². The molecule has 0 atom stereocenters. The van der Waals surface area contributed by atoms with Crippen molar-refractivity contribution < 1.29 is 9.90 Å². The monoisotopic (exact) mass is 269 g/mol. The van der Waals surface area contributed by atoms with Crippen molar-refractivity contribution in [3.63, 3.8) is 0 Å². The number of nitrogens with zero attached hydrogens (tertiary/aromatic N) is 1. The molecule has 0 spiro atoms. The number of hydrogen-bond acceptors (Lipinski definition) is 5. The van der Waals surface area contributed by atoms with Crippen LogP contribution in [-0.4, -0.2) is 34.7 Å². The summed E-state index contributed by atoms with van der Waals surface area (Å²) in [7, 11) is 0. The maximum atomic E-state index is 11.9. The van der Waals surface area contributed by atoms with Gasteiger partial charge in [-0.05, 0) is 19.8 Å². The number of amides is 1. The molecule has 1 amide bonds. The molecule has 0 aliphatic heterocycles. The second-order valence-electron chi connectivity index (χ2n) is 4.68. The van der Waals surface area contributed by atoms with Gasteiger partial charge in [0, 0.05) is 18.5 Å². The third-order valence-electron chi connectivity index (χ3n) is 3.18. The van der Waals surface area contributed by atoms with Crippen molar-refractivity contribution in [1.82, 2.24) is 10.3 Å². The topological polar surface area (TPSA) is 74.2 Å². The van der Waals surface area contributed by atoms with Crippen LogP contribution in [0.25, 0.3) is 0 Å². The number of thiazole rings is 1. The normalized spacial score (nSPS) is 17.7. The lowest BCUT2D eigenvalue weighted by Gasteiger charge is -2.21. The van der Waals surface area contributed by atoms with Gasteiger partial charge in [-0.1, -0.05) is 12.8 Å². The minimum Gasteiger partial charge on any atom is -0.388 e. The van der Waals surface area contributed by atoms with Gasteiger partial charge in [0.05, 0.1) is 5.60 Å². The largest absolute Gasteiger partial charge is 0.388 e. The first kappa shape index (κ1) is 13.3. The molecule has 0 radical (unpaired) electrons. The van der Waals surface area contributed by atoms with Crippen LogP contribution in [0.2, 0.25) is 0 Å². The van der Waals surface area contributed by atoms with Gasteiger partial charge in [-0.25, -0.2) is 4.98 Å². The smallest absolute Gasteiger partial charge is 0.270 e. The highest BCUT2D eigenvalue weighted by Gasteiger charge is 2.31. The van der Waals surface area contributed by atoms with E-state index < -0.39 is 5.60 Å². The minimum atomic E-state index is -0.712. The molecule has 1 heterocycles. The zero-order valence-electron chi connectivity index (χ0n) is 10.5. The van der Waals surface area contributed by atoms with Gasteiger partial charge >= 0.3 is 0 Å². The molecule has 0 unspecified atom stereocenters. The number of nitrogens with one attached hydrogen (secondary N) is 2. The zero-order valence-corrected chi connectivity index (χ0v) is 11.3. The van der Waals surface area contributed by atoms with E-state index in [9.17, 15) is 9.90 Å². The van der Waals surface area contributed by atoms with Crippen molar-refractivity contribution in [2.75, 3.05) is 18.4 Å². The third-order valence-corrected chi connectivity index (χ3v) is 3.98. The molecule has 1 aliphatic rings. The van der Waals surface area contributed by atoms with Crippen LogP contribution < -0.4 is 10.6 Å². The zero-order chi connectivity index (χ0) is 13.0. The Morgan fingerprint density at radius 2 is 2.28 bits per heavy atom. The summed E-state index contributed by atoms with van der Waals surface area (Å²) in [5, 5.41) is 18.4. The molecule has 0 saturated heterocycles. The maximum absolute atomic E-state index is 11.9. The summed E-state index contributed by atoms with van der Waals surface area (Å²) in [5.74, 6) is -0.212. The number of anilines is 1. The maximum Gasteiger partial charge on any atom is 0.270 e. The Kier molecular flexibility index (Phi) is 4.19. The van der Waals surface area contributed by atoms with Gasteiger partial charge in [-0.15, -0.1) is 11.3 Å². The van der Waals surface area contributed by atoms with Gasteiger partial charge < -0.3 is 15.7 Å². The molecule has 1 aromatic rings. The molecule has 18 heavy (non-hydrogen) atoms. The van der Waals surface area contributed by atoms with E-state index in [1.54, 1.807) is 5.38 Å². The first-order chi connectivity index (χ1) is 8.63. The lowest BCUT2D eigenvalue weighted by Crippen LogP contribution is -2.40. The molecule has 1 aliphatic carbocycles. The quantitative estimate of drug-likeness (QED) is 0.759. The Morgan fingerprint density at radius 1 is 1.56 bits per heavy atom. The van der Waals surface area contributed by atoms with Gasteiger partial charge in [0.2, 0.25) is 0 Å². The molecule has 1 fully saturated rings. The second-order valence-corrected chi connectivity index (χ2v) is 5.54. The summed E-state index contributed by atoms with van der Waals surface area (Å²) in [6.45, 7) is 3.09. The highest BCUT2D eigenvalue weighted by molar-refractivity contribution is 7.13. The number of aliphatic hydroxyl groups is 1. The molecular formula is C12H19N3O2S. The van der Waals surface area contributed by atoms with E-state index >= 15 is 0 Å². The molecule has 1 saturated carbocycles. The molecule has 0 aromatic carbocycles. The van der Waals surface area contributed by atoms with Crippen molar-refractivity contribution in [2.45, 2.75) is 38.2 Å². The molecule has 2 rings (SSSR count). The van der Waals surface area contributed by atoms with Crippen LogP contribution in [0.5, 0.6) is 0 Å². The van der Waals surface area contributed by atoms with Crippen LogP contribution in [0.15, 0.2) is 5.38 Å². The average Bonchev–Trinajstić information content (AvgIpc) is 2.97. The van der Waals surface area contributed by atoms with Gasteiger partial charge in [0.15, 0.2) is 5.13 Å². The van der Waals surface area contributed by atoms with Gasteiger partial charge in [0.25, 0.3) is 5.91 Å². The van der Waals surface area contributed by atoms with Crippen LogP contribution in [0.4, 0.5) is 5.13 Å². The Labute approximate surface area is 111 Å². The van der Waals surface area contributed by atoms with Crippen molar-refractivity contribution >= 4 is 22.4 Å². The highest BCUT2D eigenvalue weighted by atomic mass is 32.1. The Balaban J connectivity index is 1.87. The van der Waals surface area contributed by atoms with Crippen molar-refractivity contribution in [3.8, 4) is 0 Å². The predicted molar refractivity (Wildman–Crippen MR) is 72.0 cm³/mol. The number of aromatic nitrogens is 1. The van der Waals surface area contributed by atoms with Crippen LogP contribution in [-0.2, 0) is 0 Å². The molecular weight excluding hydrogens is 250 g/mol. The summed E-state index contributed by atoms with van der Waals surface area (Å²) >= 11 is 1.41. The summed E-state index contributed by atoms with van der Waals surface area (Å²) in [5.41, 5.74) is -0.298. The van der Waals surface area contributed by atoms with Crippen molar-refractivity contribution in [3.05, 3.63) is 11.1 Å². The van der Waals surface area contributed by atoms with E-state index in [1.807, 2.05) is 6.92 Å². The average molecular weight is 269 g/mol. The molecule has 6 heteroatoms. The van der Waals surface area contributed by atoms with Crippen LogP contribution >= 0.6 is 11.3 Å². The Morgan fingerprint density at radius 3 is 2.94 bits per heavy atom. The van der Waals surface area contributed by atoms with Crippen LogP contribution in [0.1, 0.15) is 43.1 Å². The number of hydrogen-bond donors (Lipinski definition) is 3. The standard InChI is InChI=1S/C12H19N3O2S/c1-2-13-11-15-9(7-18-11)10(16)14-8-12(17)5-3-4-6-12/h7,17H,2-6,8H2,1H3,(H,13,15)(H,14,16). The predicted octanol–water partition coefficient (Wildman–Crippen LogP) is 1.61. The number of carbonyl (C=O) groups excluding carboxylic acids is 1. The number of carbonyl (C=O) groups is 1. The molecule has 100 valence electrons. The fourth-order valence-electron chi connectivity index (χ4n) is 2.16. The van der Waals surface area contributed by atoms with E-state index in [1.165, 1.54) is 11.3 Å². The lowest BCUT2D eigenvalue weighted by atomic mass is 10.0. The second kappa shape index (κ2) is 5.67. The summed E-state index contributed by atoms with van der Waals surface area (Å²) in [6.07, 6.45) is 3.61. The van der Waals surface area contributed by atoms with E-state index in [0.29, 0.717) is 12.2 Å². The van der Waals surface area contributed by atoms with Crippen LogP contribution in [0, 0.1) is 0 Å². The molecule has 1 aromatic heterocycles. The SMILES string of the molecule is CCNc1nc(C(=O)NCC2(O)CCCC2)cs1. The van der Waals surface area contributed by atoms with Gasteiger partial charge in [-0.2, -0.15) is 0 Å². The fraction of sp³-hybridized carbons (Fsp3) is 0.667. The van der Waals surface area contributed by atoms with Gasteiger partial charge in [-0.3, -0.25) is 4.79 Å². The first-order valence-corrected chi connectivity index (χ1v) is 7.21. The van der Waals surface area contributed by atoms with Crippen molar-refractivity contribution in [2.24, 2.45) is 0 Å². The highest BCUT2D eigenvalue weighted by Crippen LogP contribution is 2.28. The Bertz CT molecular complexity index is 413. The molecule has 0 bridgehead atoms. The van der Waals surface area contributed by atoms with E-state index in [0.717, 1.165) is 37.4 Å². The minimum absolute atomic E-state index is 0.212. The van der Waals surface area contributed by atoms with Gasteiger partial charge in [0.1, 0.15) is 5.69 Å². The van der Waals surface area contributed by atoms with Crippen LogP contribution in [0.3, 0.4) is 0 Å². The third kappa shape index (κ3) is 3.20. The summed E-state index contributed by atoms with van der Waals surface area (Å²) in [4.78, 5) is 16.0. The first-order valence-electron chi connectivity index (χ1n) is 6.33. The van der Waals surface area contributed by atoms with E-state index in [2.05, 4.69) is 15.6 Å². The number of rotatable bonds is 5.